The van der Waals surface area contributed by atoms with Crippen molar-refractivity contribution >= 4 is 5.91 Å². The Morgan fingerprint density at radius 2 is 1.96 bits per heavy atom. The van der Waals surface area contributed by atoms with Gasteiger partial charge >= 0.3 is 0 Å². The third-order valence-corrected chi connectivity index (χ3v) is 7.05. The first-order valence-corrected chi connectivity index (χ1v) is 10.4. The van der Waals surface area contributed by atoms with Crippen molar-refractivity contribution in [3.63, 3.8) is 0 Å². The van der Waals surface area contributed by atoms with Crippen LogP contribution in [-0.2, 0) is 10.2 Å². The maximum absolute atomic E-state index is 12.9. The van der Waals surface area contributed by atoms with Crippen molar-refractivity contribution in [3.05, 3.63) is 36.2 Å². The van der Waals surface area contributed by atoms with Gasteiger partial charge in [0.1, 0.15) is 0 Å². The van der Waals surface area contributed by atoms with Crippen molar-refractivity contribution < 1.29 is 9.32 Å². The predicted octanol–water partition coefficient (Wildman–Crippen LogP) is 4.20. The summed E-state index contributed by atoms with van der Waals surface area (Å²) in [7, 11) is 0. The van der Waals surface area contributed by atoms with E-state index in [-0.39, 0.29) is 5.41 Å². The van der Waals surface area contributed by atoms with E-state index in [9.17, 15) is 4.79 Å². The summed E-state index contributed by atoms with van der Waals surface area (Å²) in [5.41, 5.74) is 0.844. The van der Waals surface area contributed by atoms with E-state index in [0.29, 0.717) is 23.6 Å². The summed E-state index contributed by atoms with van der Waals surface area (Å²) in [5.74, 6) is 2.77. The molecule has 5 nitrogen and oxygen atoms in total. The summed E-state index contributed by atoms with van der Waals surface area (Å²) in [6, 6.07) is 9.97. The molecule has 1 aromatic carbocycles. The number of fused-ring (bicyclic) bond motifs is 1. The molecule has 5 heteroatoms. The number of rotatable bonds is 4. The van der Waals surface area contributed by atoms with Gasteiger partial charge < -0.3 is 9.42 Å². The van der Waals surface area contributed by atoms with Crippen LogP contribution in [0.25, 0.3) is 11.4 Å². The largest absolute Gasteiger partial charge is 0.341 e. The first kappa shape index (κ1) is 17.0. The Balaban J connectivity index is 1.36. The smallest absolute Gasteiger partial charge is 0.235 e. The van der Waals surface area contributed by atoms with E-state index in [2.05, 4.69) is 10.1 Å². The molecule has 2 atom stereocenters. The SMILES string of the molecule is O=C(CC1CCCC1)N1C[C@H]2CCC[C@@]2(c2nc(-c3ccccc3)no2)C1. The van der Waals surface area contributed by atoms with Crippen molar-refractivity contribution in [1.82, 2.24) is 15.0 Å². The van der Waals surface area contributed by atoms with E-state index >= 15 is 0 Å². The summed E-state index contributed by atoms with van der Waals surface area (Å²) in [4.78, 5) is 19.8. The highest BCUT2D eigenvalue weighted by molar-refractivity contribution is 5.77. The molecule has 2 aliphatic carbocycles. The zero-order valence-corrected chi connectivity index (χ0v) is 15.8. The van der Waals surface area contributed by atoms with Crippen molar-refractivity contribution in [2.75, 3.05) is 13.1 Å². The Morgan fingerprint density at radius 3 is 2.78 bits per heavy atom. The number of aromatic nitrogens is 2. The average Bonchev–Trinajstić information content (AvgIpc) is 3.45. The molecule has 2 heterocycles. The number of likely N-dealkylation sites (tertiary alicyclic amines) is 1. The molecule has 2 saturated carbocycles. The van der Waals surface area contributed by atoms with Crippen molar-refractivity contribution in [1.29, 1.82) is 0 Å². The third-order valence-electron chi connectivity index (χ3n) is 7.05. The summed E-state index contributed by atoms with van der Waals surface area (Å²) < 4.78 is 5.77. The Hall–Kier alpha value is -2.17. The molecular weight excluding hydrogens is 338 g/mol. The van der Waals surface area contributed by atoms with E-state index in [1.165, 1.54) is 32.1 Å². The van der Waals surface area contributed by atoms with Gasteiger partial charge in [0.25, 0.3) is 0 Å². The van der Waals surface area contributed by atoms with Crippen LogP contribution < -0.4 is 0 Å². The molecule has 5 rings (SSSR count). The molecular formula is C22H27N3O2. The molecule has 0 unspecified atom stereocenters. The number of amides is 1. The lowest BCUT2D eigenvalue weighted by atomic mass is 9.80. The second kappa shape index (κ2) is 6.77. The van der Waals surface area contributed by atoms with Gasteiger partial charge in [0, 0.05) is 25.1 Å². The lowest BCUT2D eigenvalue weighted by Crippen LogP contribution is -2.35. The second-order valence-electron chi connectivity index (χ2n) is 8.66. The summed E-state index contributed by atoms with van der Waals surface area (Å²) >= 11 is 0. The number of carbonyl (C=O) groups is 1. The lowest BCUT2D eigenvalue weighted by Gasteiger charge is -2.24. The number of hydrogen-bond donors (Lipinski definition) is 0. The highest BCUT2D eigenvalue weighted by atomic mass is 16.5. The second-order valence-corrected chi connectivity index (χ2v) is 8.66. The molecule has 0 radical (unpaired) electrons. The van der Waals surface area contributed by atoms with Gasteiger partial charge in [-0.3, -0.25) is 4.79 Å². The molecule has 3 fully saturated rings. The van der Waals surface area contributed by atoms with Crippen LogP contribution in [0.3, 0.4) is 0 Å². The van der Waals surface area contributed by atoms with Gasteiger partial charge in [-0.05, 0) is 37.5 Å². The van der Waals surface area contributed by atoms with Gasteiger partial charge in [-0.2, -0.15) is 4.98 Å². The highest BCUT2D eigenvalue weighted by Crippen LogP contribution is 2.50. The van der Waals surface area contributed by atoms with Gasteiger partial charge in [-0.25, -0.2) is 0 Å². The molecule has 142 valence electrons. The van der Waals surface area contributed by atoms with Crippen LogP contribution in [-0.4, -0.2) is 34.0 Å². The van der Waals surface area contributed by atoms with E-state index in [1.807, 2.05) is 30.3 Å². The fraction of sp³-hybridized carbons (Fsp3) is 0.591. The van der Waals surface area contributed by atoms with Crippen LogP contribution in [0.2, 0.25) is 0 Å². The quantitative estimate of drug-likeness (QED) is 0.815. The minimum absolute atomic E-state index is 0.134. The lowest BCUT2D eigenvalue weighted by molar-refractivity contribution is -0.131. The van der Waals surface area contributed by atoms with Crippen molar-refractivity contribution in [2.45, 2.75) is 56.8 Å². The molecule has 0 spiro atoms. The fourth-order valence-electron chi connectivity index (χ4n) is 5.55. The molecule has 2 aromatic rings. The van der Waals surface area contributed by atoms with E-state index in [4.69, 9.17) is 9.51 Å². The maximum Gasteiger partial charge on any atom is 0.235 e. The minimum Gasteiger partial charge on any atom is -0.341 e. The minimum atomic E-state index is -0.134. The Labute approximate surface area is 160 Å². The van der Waals surface area contributed by atoms with E-state index < -0.39 is 0 Å². The normalized spacial score (nSPS) is 28.0. The number of hydrogen-bond acceptors (Lipinski definition) is 4. The van der Waals surface area contributed by atoms with Crippen molar-refractivity contribution in [3.8, 4) is 11.4 Å². The predicted molar refractivity (Wildman–Crippen MR) is 102 cm³/mol. The first-order valence-electron chi connectivity index (χ1n) is 10.4. The molecule has 1 saturated heterocycles. The number of benzene rings is 1. The maximum atomic E-state index is 12.9. The van der Waals surface area contributed by atoms with Crippen LogP contribution in [0, 0.1) is 11.8 Å². The standard InChI is InChI=1S/C22H27N3O2/c26-19(13-16-7-4-5-8-16)25-14-18-11-6-12-22(18,15-25)21-23-20(24-27-21)17-9-2-1-3-10-17/h1-3,9-10,16,18H,4-8,11-15H2/t18-,22-/m1/s1. The number of carbonyl (C=O) groups excluding carboxylic acids is 1. The summed E-state index contributed by atoms with van der Waals surface area (Å²) in [6.45, 7) is 1.61. The molecule has 1 aromatic heterocycles. The Kier molecular flexibility index (Phi) is 4.25. The molecule has 1 aliphatic heterocycles. The average molecular weight is 365 g/mol. The topological polar surface area (TPSA) is 59.2 Å². The zero-order valence-electron chi connectivity index (χ0n) is 15.8. The van der Waals surface area contributed by atoms with Gasteiger partial charge in [0.15, 0.2) is 0 Å². The molecule has 3 aliphatic rings. The van der Waals surface area contributed by atoms with Crippen LogP contribution in [0.5, 0.6) is 0 Å². The van der Waals surface area contributed by atoms with E-state index in [0.717, 1.165) is 43.8 Å². The molecule has 0 bridgehead atoms. The summed E-state index contributed by atoms with van der Waals surface area (Å²) in [6.07, 6.45) is 9.11. The van der Waals surface area contributed by atoms with Crippen LogP contribution in [0.1, 0.15) is 57.3 Å². The Bertz CT molecular complexity index is 812. The fourth-order valence-corrected chi connectivity index (χ4v) is 5.55. The van der Waals surface area contributed by atoms with Gasteiger partial charge in [-0.1, -0.05) is 54.8 Å². The van der Waals surface area contributed by atoms with E-state index in [1.54, 1.807) is 0 Å². The first-order chi connectivity index (χ1) is 13.2. The Morgan fingerprint density at radius 1 is 1.15 bits per heavy atom. The zero-order chi connectivity index (χ0) is 18.3. The van der Waals surface area contributed by atoms with Gasteiger partial charge in [0.05, 0.1) is 5.41 Å². The molecule has 1 amide bonds. The van der Waals surface area contributed by atoms with Crippen LogP contribution in [0.4, 0.5) is 0 Å². The highest BCUT2D eigenvalue weighted by Gasteiger charge is 2.55. The van der Waals surface area contributed by atoms with Crippen LogP contribution >= 0.6 is 0 Å². The van der Waals surface area contributed by atoms with Crippen LogP contribution in [0.15, 0.2) is 34.9 Å². The number of nitrogens with zero attached hydrogens (tertiary/aromatic N) is 3. The van der Waals surface area contributed by atoms with Gasteiger partial charge in [0.2, 0.25) is 17.6 Å². The molecule has 0 N–H and O–H groups in total. The summed E-state index contributed by atoms with van der Waals surface area (Å²) in [5, 5.41) is 4.25. The third kappa shape index (κ3) is 2.97. The monoisotopic (exact) mass is 365 g/mol. The molecule has 27 heavy (non-hydrogen) atoms. The van der Waals surface area contributed by atoms with Crippen molar-refractivity contribution in [2.24, 2.45) is 11.8 Å². The van der Waals surface area contributed by atoms with Gasteiger partial charge in [-0.15, -0.1) is 0 Å².